The van der Waals surface area contributed by atoms with Crippen molar-refractivity contribution < 1.29 is 0 Å². The van der Waals surface area contributed by atoms with Gasteiger partial charge in [0.1, 0.15) is 0 Å². The standard InChI is InChI=1S/C11H19N3/c1-9(2)11-7-10(8-13(11)3)14-6-4-5-12-14/h4-6,9-11H,7-8H2,1-3H3/t10-,11-/m0/s1. The Hall–Kier alpha value is -0.830. The fourth-order valence-corrected chi connectivity index (χ4v) is 2.47. The van der Waals surface area contributed by atoms with Crippen molar-refractivity contribution in [1.82, 2.24) is 14.7 Å². The van der Waals surface area contributed by atoms with Crippen LogP contribution in [0.15, 0.2) is 18.5 Å². The quantitative estimate of drug-likeness (QED) is 0.714. The van der Waals surface area contributed by atoms with Gasteiger partial charge in [-0.25, -0.2) is 0 Å². The van der Waals surface area contributed by atoms with Crippen molar-refractivity contribution in [2.24, 2.45) is 5.92 Å². The minimum Gasteiger partial charge on any atom is -0.301 e. The van der Waals surface area contributed by atoms with E-state index in [1.165, 1.54) is 6.42 Å². The summed E-state index contributed by atoms with van der Waals surface area (Å²) >= 11 is 0. The molecule has 3 nitrogen and oxygen atoms in total. The maximum Gasteiger partial charge on any atom is 0.0661 e. The van der Waals surface area contributed by atoms with Crippen LogP contribution in [0.5, 0.6) is 0 Å². The van der Waals surface area contributed by atoms with Gasteiger partial charge in [-0.15, -0.1) is 0 Å². The van der Waals surface area contributed by atoms with Gasteiger partial charge in [0.2, 0.25) is 0 Å². The van der Waals surface area contributed by atoms with Gasteiger partial charge in [0.25, 0.3) is 0 Å². The summed E-state index contributed by atoms with van der Waals surface area (Å²) in [4.78, 5) is 2.46. The summed E-state index contributed by atoms with van der Waals surface area (Å²) in [5, 5.41) is 4.32. The Morgan fingerprint density at radius 3 is 2.71 bits per heavy atom. The molecule has 0 radical (unpaired) electrons. The zero-order valence-electron chi connectivity index (χ0n) is 9.22. The molecular weight excluding hydrogens is 174 g/mol. The molecule has 3 heteroatoms. The molecule has 1 aromatic rings. The Kier molecular flexibility index (Phi) is 2.59. The van der Waals surface area contributed by atoms with Crippen molar-refractivity contribution >= 4 is 0 Å². The first-order valence-electron chi connectivity index (χ1n) is 5.38. The number of hydrogen-bond acceptors (Lipinski definition) is 2. The number of rotatable bonds is 2. The lowest BCUT2D eigenvalue weighted by Crippen LogP contribution is -2.29. The Balaban J connectivity index is 2.06. The average molecular weight is 193 g/mol. The minimum atomic E-state index is 0.572. The molecule has 2 rings (SSSR count). The highest BCUT2D eigenvalue weighted by Gasteiger charge is 2.32. The van der Waals surface area contributed by atoms with Crippen LogP contribution in [0.2, 0.25) is 0 Å². The topological polar surface area (TPSA) is 21.1 Å². The van der Waals surface area contributed by atoms with Gasteiger partial charge >= 0.3 is 0 Å². The summed E-state index contributed by atoms with van der Waals surface area (Å²) in [7, 11) is 2.22. The van der Waals surface area contributed by atoms with Gasteiger partial charge in [-0.05, 0) is 25.5 Å². The fourth-order valence-electron chi connectivity index (χ4n) is 2.47. The largest absolute Gasteiger partial charge is 0.301 e. The van der Waals surface area contributed by atoms with Crippen LogP contribution < -0.4 is 0 Å². The van der Waals surface area contributed by atoms with E-state index in [9.17, 15) is 0 Å². The molecule has 1 saturated heterocycles. The van der Waals surface area contributed by atoms with Gasteiger partial charge in [0.15, 0.2) is 0 Å². The molecule has 0 saturated carbocycles. The lowest BCUT2D eigenvalue weighted by Gasteiger charge is -2.22. The SMILES string of the molecule is CC(C)[C@@H]1C[C@H](n2cccn2)CN1C. The zero-order valence-corrected chi connectivity index (χ0v) is 9.22. The lowest BCUT2D eigenvalue weighted by atomic mass is 10.0. The number of hydrogen-bond donors (Lipinski definition) is 0. The first-order valence-corrected chi connectivity index (χ1v) is 5.38. The van der Waals surface area contributed by atoms with Gasteiger partial charge < -0.3 is 4.90 Å². The summed E-state index contributed by atoms with van der Waals surface area (Å²) < 4.78 is 2.10. The van der Waals surface area contributed by atoms with Gasteiger partial charge in [-0.3, -0.25) is 4.68 Å². The predicted molar refractivity (Wildman–Crippen MR) is 57.1 cm³/mol. The smallest absolute Gasteiger partial charge is 0.0661 e. The molecule has 1 aliphatic rings. The maximum atomic E-state index is 4.32. The number of likely N-dealkylation sites (tertiary alicyclic amines) is 1. The molecule has 1 aromatic heterocycles. The summed E-state index contributed by atoms with van der Waals surface area (Å²) in [6.07, 6.45) is 5.17. The van der Waals surface area contributed by atoms with E-state index in [0.717, 1.165) is 12.5 Å². The van der Waals surface area contributed by atoms with Crippen LogP contribution in [0, 0.1) is 5.92 Å². The van der Waals surface area contributed by atoms with Crippen molar-refractivity contribution in [1.29, 1.82) is 0 Å². The van der Waals surface area contributed by atoms with E-state index in [2.05, 4.69) is 41.8 Å². The number of nitrogens with zero attached hydrogens (tertiary/aromatic N) is 3. The molecule has 0 aromatic carbocycles. The number of likely N-dealkylation sites (N-methyl/N-ethyl adjacent to an activating group) is 1. The van der Waals surface area contributed by atoms with Gasteiger partial charge in [0, 0.05) is 25.0 Å². The predicted octanol–water partition coefficient (Wildman–Crippen LogP) is 1.78. The Bertz CT molecular complexity index is 279. The molecule has 1 aliphatic heterocycles. The molecule has 0 unspecified atom stereocenters. The van der Waals surface area contributed by atoms with Gasteiger partial charge in [0.05, 0.1) is 6.04 Å². The van der Waals surface area contributed by atoms with E-state index in [1.807, 2.05) is 12.3 Å². The summed E-state index contributed by atoms with van der Waals surface area (Å²) in [5.74, 6) is 0.737. The molecule has 2 atom stereocenters. The molecule has 2 heterocycles. The second kappa shape index (κ2) is 3.73. The maximum absolute atomic E-state index is 4.32. The Labute approximate surface area is 85.7 Å². The fraction of sp³-hybridized carbons (Fsp3) is 0.727. The first kappa shape index (κ1) is 9.71. The highest BCUT2D eigenvalue weighted by atomic mass is 15.3. The van der Waals surface area contributed by atoms with Crippen molar-refractivity contribution in [3.63, 3.8) is 0 Å². The van der Waals surface area contributed by atoms with Crippen LogP contribution >= 0.6 is 0 Å². The molecule has 1 fully saturated rings. The van der Waals surface area contributed by atoms with Crippen molar-refractivity contribution in [3.8, 4) is 0 Å². The minimum absolute atomic E-state index is 0.572. The third kappa shape index (κ3) is 1.69. The Morgan fingerprint density at radius 2 is 2.21 bits per heavy atom. The summed E-state index contributed by atoms with van der Waals surface area (Å²) in [5.41, 5.74) is 0. The van der Waals surface area contributed by atoms with Gasteiger partial charge in [-0.2, -0.15) is 5.10 Å². The normalized spacial score (nSPS) is 28.9. The van der Waals surface area contributed by atoms with E-state index >= 15 is 0 Å². The second-order valence-electron chi connectivity index (χ2n) is 4.63. The van der Waals surface area contributed by atoms with Crippen LogP contribution in [0.25, 0.3) is 0 Å². The highest BCUT2D eigenvalue weighted by molar-refractivity contribution is 4.91. The lowest BCUT2D eigenvalue weighted by molar-refractivity contribution is 0.249. The summed E-state index contributed by atoms with van der Waals surface area (Å²) in [6.45, 7) is 5.73. The molecule has 0 N–H and O–H groups in total. The zero-order chi connectivity index (χ0) is 10.1. The van der Waals surface area contributed by atoms with Crippen LogP contribution in [-0.4, -0.2) is 34.3 Å². The van der Waals surface area contributed by atoms with Crippen molar-refractivity contribution in [3.05, 3.63) is 18.5 Å². The van der Waals surface area contributed by atoms with E-state index in [-0.39, 0.29) is 0 Å². The number of aromatic nitrogens is 2. The molecule has 0 aliphatic carbocycles. The highest BCUT2D eigenvalue weighted by Crippen LogP contribution is 2.29. The molecular formula is C11H19N3. The molecule has 0 spiro atoms. The van der Waals surface area contributed by atoms with E-state index in [4.69, 9.17) is 0 Å². The third-order valence-electron chi connectivity index (χ3n) is 3.25. The van der Waals surface area contributed by atoms with Crippen molar-refractivity contribution in [2.75, 3.05) is 13.6 Å². The third-order valence-corrected chi connectivity index (χ3v) is 3.25. The van der Waals surface area contributed by atoms with Crippen LogP contribution in [-0.2, 0) is 0 Å². The molecule has 78 valence electrons. The summed E-state index contributed by atoms with van der Waals surface area (Å²) in [6, 6.07) is 3.29. The van der Waals surface area contributed by atoms with Crippen LogP contribution in [0.4, 0.5) is 0 Å². The monoisotopic (exact) mass is 193 g/mol. The van der Waals surface area contributed by atoms with Crippen LogP contribution in [0.3, 0.4) is 0 Å². The molecule has 0 amide bonds. The first-order chi connectivity index (χ1) is 6.68. The Morgan fingerprint density at radius 1 is 1.43 bits per heavy atom. The average Bonchev–Trinajstić information content (AvgIpc) is 2.70. The second-order valence-corrected chi connectivity index (χ2v) is 4.63. The van der Waals surface area contributed by atoms with Crippen LogP contribution in [0.1, 0.15) is 26.3 Å². The van der Waals surface area contributed by atoms with Gasteiger partial charge in [-0.1, -0.05) is 13.8 Å². The van der Waals surface area contributed by atoms with Crippen molar-refractivity contribution in [2.45, 2.75) is 32.4 Å². The van der Waals surface area contributed by atoms with E-state index in [1.54, 1.807) is 0 Å². The van der Waals surface area contributed by atoms with E-state index < -0.39 is 0 Å². The van der Waals surface area contributed by atoms with E-state index in [0.29, 0.717) is 12.1 Å². The molecule has 0 bridgehead atoms. The molecule has 14 heavy (non-hydrogen) atoms.